The molecule has 1 aliphatic rings. The summed E-state index contributed by atoms with van der Waals surface area (Å²) in [4.78, 5) is 14.8. The van der Waals surface area contributed by atoms with Crippen molar-refractivity contribution in [3.63, 3.8) is 0 Å². The van der Waals surface area contributed by atoms with Crippen LogP contribution in [0.5, 0.6) is 0 Å². The van der Waals surface area contributed by atoms with Gasteiger partial charge in [0.15, 0.2) is 11.5 Å². The smallest absolute Gasteiger partial charge is 0.274 e. The molecule has 7 nitrogen and oxygen atoms in total. The lowest BCUT2D eigenvalue weighted by molar-refractivity contribution is 0.0578. The summed E-state index contributed by atoms with van der Waals surface area (Å²) in [6.45, 7) is 1.47. The Labute approximate surface area is 139 Å². The van der Waals surface area contributed by atoms with Crippen LogP contribution in [0.2, 0.25) is 0 Å². The molecule has 0 radical (unpaired) electrons. The molecular formula is C17H19N5O2. The molecule has 1 saturated heterocycles. The Morgan fingerprint density at radius 3 is 3.12 bits per heavy atom. The van der Waals surface area contributed by atoms with Crippen molar-refractivity contribution in [1.82, 2.24) is 24.9 Å². The van der Waals surface area contributed by atoms with Crippen molar-refractivity contribution < 1.29 is 9.21 Å². The van der Waals surface area contributed by atoms with E-state index in [1.807, 2.05) is 34.0 Å². The molecule has 0 spiro atoms. The number of carbonyl (C=O) groups is 1. The SMILES string of the molecule is O=C(c1cc(-c2ccco2)[nH]n1)N1CCCC[C@@H]1Cn1cccn1. The van der Waals surface area contributed by atoms with Gasteiger partial charge in [-0.05, 0) is 37.5 Å². The second kappa shape index (κ2) is 6.35. The van der Waals surface area contributed by atoms with E-state index in [0.29, 0.717) is 23.7 Å². The van der Waals surface area contributed by atoms with Gasteiger partial charge in [0, 0.05) is 25.0 Å². The van der Waals surface area contributed by atoms with Crippen molar-refractivity contribution in [2.24, 2.45) is 0 Å². The van der Waals surface area contributed by atoms with Gasteiger partial charge in [0.1, 0.15) is 5.69 Å². The van der Waals surface area contributed by atoms with Gasteiger partial charge in [-0.25, -0.2) is 0 Å². The molecule has 4 rings (SSSR count). The maximum Gasteiger partial charge on any atom is 0.274 e. The standard InChI is InChI=1S/C17H19N5O2/c23-17(15-11-14(19-20-15)16-6-3-10-24-16)22-9-2-1-5-13(22)12-21-8-4-7-18-21/h3-4,6-8,10-11,13H,1-2,5,9,12H2,(H,19,20)/t13-/m1/s1. The quantitative estimate of drug-likeness (QED) is 0.799. The van der Waals surface area contributed by atoms with E-state index >= 15 is 0 Å². The summed E-state index contributed by atoms with van der Waals surface area (Å²) in [5.41, 5.74) is 1.14. The van der Waals surface area contributed by atoms with E-state index < -0.39 is 0 Å². The van der Waals surface area contributed by atoms with E-state index in [4.69, 9.17) is 4.42 Å². The fourth-order valence-electron chi connectivity index (χ4n) is 3.22. The van der Waals surface area contributed by atoms with Crippen LogP contribution in [0.15, 0.2) is 47.3 Å². The highest BCUT2D eigenvalue weighted by Crippen LogP contribution is 2.23. The van der Waals surface area contributed by atoms with Gasteiger partial charge in [-0.1, -0.05) is 0 Å². The minimum absolute atomic E-state index is 0.0408. The molecule has 24 heavy (non-hydrogen) atoms. The first-order valence-corrected chi connectivity index (χ1v) is 8.19. The summed E-state index contributed by atoms with van der Waals surface area (Å²) in [5, 5.41) is 11.3. The van der Waals surface area contributed by atoms with Crippen LogP contribution in [0, 0.1) is 0 Å². The number of likely N-dealkylation sites (tertiary alicyclic amines) is 1. The molecule has 4 heterocycles. The maximum absolute atomic E-state index is 12.9. The summed E-state index contributed by atoms with van der Waals surface area (Å²) in [6.07, 6.45) is 8.44. The number of amides is 1. The van der Waals surface area contributed by atoms with E-state index in [0.717, 1.165) is 25.8 Å². The van der Waals surface area contributed by atoms with Crippen LogP contribution in [0.1, 0.15) is 29.8 Å². The van der Waals surface area contributed by atoms with Gasteiger partial charge >= 0.3 is 0 Å². The van der Waals surface area contributed by atoms with Gasteiger partial charge in [0.2, 0.25) is 0 Å². The summed E-state index contributed by atoms with van der Waals surface area (Å²) in [6, 6.07) is 7.44. The summed E-state index contributed by atoms with van der Waals surface area (Å²) < 4.78 is 7.23. The Morgan fingerprint density at radius 1 is 1.38 bits per heavy atom. The molecular weight excluding hydrogens is 306 g/mol. The summed E-state index contributed by atoms with van der Waals surface area (Å²) in [5.74, 6) is 0.634. The first kappa shape index (κ1) is 14.7. The Kier molecular flexibility index (Phi) is 3.90. The van der Waals surface area contributed by atoms with Crippen molar-refractivity contribution in [1.29, 1.82) is 0 Å². The molecule has 1 N–H and O–H groups in total. The number of nitrogens with one attached hydrogen (secondary N) is 1. The first-order chi connectivity index (χ1) is 11.8. The zero-order valence-electron chi connectivity index (χ0n) is 13.3. The first-order valence-electron chi connectivity index (χ1n) is 8.19. The predicted octanol–water partition coefficient (Wildman–Crippen LogP) is 2.56. The van der Waals surface area contributed by atoms with Crippen LogP contribution in [0.3, 0.4) is 0 Å². The lowest BCUT2D eigenvalue weighted by Crippen LogP contribution is -2.46. The number of hydrogen-bond acceptors (Lipinski definition) is 4. The number of rotatable bonds is 4. The molecule has 1 aliphatic heterocycles. The molecule has 1 amide bonds. The van der Waals surface area contributed by atoms with E-state index in [-0.39, 0.29) is 11.9 Å². The highest BCUT2D eigenvalue weighted by atomic mass is 16.3. The topological polar surface area (TPSA) is 80.0 Å². The minimum Gasteiger partial charge on any atom is -0.463 e. The predicted molar refractivity (Wildman–Crippen MR) is 87.2 cm³/mol. The van der Waals surface area contributed by atoms with Gasteiger partial charge in [0.25, 0.3) is 5.91 Å². The van der Waals surface area contributed by atoms with E-state index in [2.05, 4.69) is 15.3 Å². The number of nitrogens with zero attached hydrogens (tertiary/aromatic N) is 4. The number of carbonyl (C=O) groups excluding carboxylic acids is 1. The third kappa shape index (κ3) is 2.84. The Bertz CT molecular complexity index is 791. The lowest BCUT2D eigenvalue weighted by atomic mass is 10.0. The molecule has 0 bridgehead atoms. The maximum atomic E-state index is 12.9. The third-order valence-corrected chi connectivity index (χ3v) is 4.43. The lowest BCUT2D eigenvalue weighted by Gasteiger charge is -2.35. The normalized spacial score (nSPS) is 18.0. The average Bonchev–Trinajstić information content (AvgIpc) is 3.35. The molecule has 0 aromatic carbocycles. The second-order valence-electron chi connectivity index (χ2n) is 6.02. The monoisotopic (exact) mass is 325 g/mol. The summed E-state index contributed by atoms with van der Waals surface area (Å²) >= 11 is 0. The van der Waals surface area contributed by atoms with Gasteiger partial charge in [-0.3, -0.25) is 14.6 Å². The Morgan fingerprint density at radius 2 is 2.33 bits per heavy atom. The van der Waals surface area contributed by atoms with Gasteiger partial charge in [-0.15, -0.1) is 0 Å². The van der Waals surface area contributed by atoms with Crippen LogP contribution in [-0.2, 0) is 6.54 Å². The number of hydrogen-bond donors (Lipinski definition) is 1. The molecule has 124 valence electrons. The largest absolute Gasteiger partial charge is 0.463 e. The fraction of sp³-hybridized carbons (Fsp3) is 0.353. The molecule has 3 aromatic heterocycles. The molecule has 3 aromatic rings. The van der Waals surface area contributed by atoms with Crippen molar-refractivity contribution >= 4 is 5.91 Å². The van der Waals surface area contributed by atoms with Gasteiger partial charge in [-0.2, -0.15) is 10.2 Å². The molecule has 0 saturated carbocycles. The number of piperidine rings is 1. The number of H-pyrrole nitrogens is 1. The number of furan rings is 1. The number of aromatic nitrogens is 4. The second-order valence-corrected chi connectivity index (χ2v) is 6.02. The zero-order chi connectivity index (χ0) is 16.4. The van der Waals surface area contributed by atoms with Crippen LogP contribution in [0.4, 0.5) is 0 Å². The average molecular weight is 325 g/mol. The highest BCUT2D eigenvalue weighted by molar-refractivity contribution is 5.93. The van der Waals surface area contributed by atoms with E-state index in [1.54, 1.807) is 18.5 Å². The van der Waals surface area contributed by atoms with Crippen molar-refractivity contribution in [3.8, 4) is 11.5 Å². The highest BCUT2D eigenvalue weighted by Gasteiger charge is 2.29. The van der Waals surface area contributed by atoms with Gasteiger partial charge < -0.3 is 9.32 Å². The van der Waals surface area contributed by atoms with Crippen molar-refractivity contribution in [2.45, 2.75) is 31.8 Å². The van der Waals surface area contributed by atoms with Crippen LogP contribution in [-0.4, -0.2) is 43.4 Å². The molecule has 1 atom stereocenters. The van der Waals surface area contributed by atoms with E-state index in [1.165, 1.54) is 0 Å². The van der Waals surface area contributed by atoms with Crippen molar-refractivity contribution in [3.05, 3.63) is 48.6 Å². The van der Waals surface area contributed by atoms with Crippen LogP contribution >= 0.6 is 0 Å². The van der Waals surface area contributed by atoms with E-state index in [9.17, 15) is 4.79 Å². The minimum atomic E-state index is -0.0408. The van der Waals surface area contributed by atoms with Crippen LogP contribution in [0.25, 0.3) is 11.5 Å². The number of aromatic amines is 1. The van der Waals surface area contributed by atoms with Gasteiger partial charge in [0.05, 0.1) is 18.8 Å². The fourth-order valence-corrected chi connectivity index (χ4v) is 3.22. The molecule has 0 unspecified atom stereocenters. The molecule has 1 fully saturated rings. The van der Waals surface area contributed by atoms with Crippen LogP contribution < -0.4 is 0 Å². The summed E-state index contributed by atoms with van der Waals surface area (Å²) in [7, 11) is 0. The van der Waals surface area contributed by atoms with Crippen molar-refractivity contribution in [2.75, 3.05) is 6.54 Å². The zero-order valence-corrected chi connectivity index (χ0v) is 13.3. The molecule has 0 aliphatic carbocycles. The molecule has 7 heteroatoms. The Balaban J connectivity index is 1.53. The Hall–Kier alpha value is -2.83. The third-order valence-electron chi connectivity index (χ3n) is 4.43.